The van der Waals surface area contributed by atoms with Crippen molar-refractivity contribution >= 4 is 17.2 Å². The Hall–Kier alpha value is -0.900. The summed E-state index contributed by atoms with van der Waals surface area (Å²) < 4.78 is 0. The van der Waals surface area contributed by atoms with E-state index >= 15 is 0 Å². The SMILES string of the molecule is CC1CCN(C(=O)c2cncs2)C1. The number of likely N-dealkylation sites (tertiary alicyclic amines) is 1. The first-order valence-corrected chi connectivity index (χ1v) is 5.33. The summed E-state index contributed by atoms with van der Waals surface area (Å²) in [6, 6.07) is 0. The van der Waals surface area contributed by atoms with Crippen LogP contribution in [0.5, 0.6) is 0 Å². The van der Waals surface area contributed by atoms with Crippen LogP contribution in [0.25, 0.3) is 0 Å². The van der Waals surface area contributed by atoms with E-state index in [0.717, 1.165) is 24.4 Å². The predicted octanol–water partition coefficient (Wildman–Crippen LogP) is 1.63. The van der Waals surface area contributed by atoms with Crippen molar-refractivity contribution in [2.45, 2.75) is 13.3 Å². The number of nitrogens with zero attached hydrogens (tertiary/aromatic N) is 2. The van der Waals surface area contributed by atoms with E-state index in [1.165, 1.54) is 11.3 Å². The highest BCUT2D eigenvalue weighted by atomic mass is 32.1. The maximum absolute atomic E-state index is 11.7. The quantitative estimate of drug-likeness (QED) is 0.684. The molecule has 0 bridgehead atoms. The van der Waals surface area contributed by atoms with Crippen LogP contribution in [0.3, 0.4) is 0 Å². The molecule has 1 aromatic heterocycles. The van der Waals surface area contributed by atoms with Gasteiger partial charge >= 0.3 is 0 Å². The highest BCUT2D eigenvalue weighted by molar-refractivity contribution is 7.11. The van der Waals surface area contributed by atoms with Gasteiger partial charge in [0.2, 0.25) is 0 Å². The molecule has 0 radical (unpaired) electrons. The Bertz CT molecular complexity index is 297. The number of hydrogen-bond acceptors (Lipinski definition) is 3. The number of carbonyl (C=O) groups excluding carboxylic acids is 1. The minimum Gasteiger partial charge on any atom is -0.338 e. The van der Waals surface area contributed by atoms with Gasteiger partial charge in [-0.15, -0.1) is 11.3 Å². The van der Waals surface area contributed by atoms with E-state index in [0.29, 0.717) is 5.92 Å². The van der Waals surface area contributed by atoms with Gasteiger partial charge in [-0.05, 0) is 12.3 Å². The van der Waals surface area contributed by atoms with E-state index in [9.17, 15) is 4.79 Å². The standard InChI is InChI=1S/C9H12N2OS/c1-7-2-3-11(5-7)9(12)8-4-10-6-13-8/h4,6-7H,2-3,5H2,1H3. The van der Waals surface area contributed by atoms with E-state index < -0.39 is 0 Å². The second-order valence-corrected chi connectivity index (χ2v) is 4.40. The molecule has 1 unspecified atom stereocenters. The Balaban J connectivity index is 2.06. The third kappa shape index (κ3) is 1.72. The molecular formula is C9H12N2OS. The minimum absolute atomic E-state index is 0.145. The lowest BCUT2D eigenvalue weighted by Gasteiger charge is -2.13. The molecule has 0 saturated carbocycles. The Labute approximate surface area is 81.4 Å². The number of amides is 1. The highest BCUT2D eigenvalue weighted by Crippen LogP contribution is 2.19. The second-order valence-electron chi connectivity index (χ2n) is 3.51. The first-order valence-electron chi connectivity index (χ1n) is 4.45. The van der Waals surface area contributed by atoms with Gasteiger partial charge in [0, 0.05) is 13.1 Å². The number of carbonyl (C=O) groups is 1. The molecule has 1 aromatic rings. The molecular weight excluding hydrogens is 184 g/mol. The van der Waals surface area contributed by atoms with Gasteiger partial charge in [0.05, 0.1) is 11.7 Å². The van der Waals surface area contributed by atoms with E-state index in [1.54, 1.807) is 11.7 Å². The molecule has 1 aliphatic rings. The van der Waals surface area contributed by atoms with E-state index in [-0.39, 0.29) is 5.91 Å². The van der Waals surface area contributed by atoms with Crippen LogP contribution < -0.4 is 0 Å². The second kappa shape index (κ2) is 3.46. The van der Waals surface area contributed by atoms with Crippen LogP contribution in [0.15, 0.2) is 11.7 Å². The van der Waals surface area contributed by atoms with Crippen molar-refractivity contribution < 1.29 is 4.79 Å². The molecule has 13 heavy (non-hydrogen) atoms. The summed E-state index contributed by atoms with van der Waals surface area (Å²) >= 11 is 1.42. The lowest BCUT2D eigenvalue weighted by Crippen LogP contribution is -2.27. The van der Waals surface area contributed by atoms with E-state index in [2.05, 4.69) is 11.9 Å². The average Bonchev–Trinajstić information content (AvgIpc) is 2.72. The molecule has 0 N–H and O–H groups in total. The molecule has 0 spiro atoms. The van der Waals surface area contributed by atoms with Gasteiger partial charge in [-0.2, -0.15) is 0 Å². The van der Waals surface area contributed by atoms with Crippen molar-refractivity contribution in [3.63, 3.8) is 0 Å². The summed E-state index contributed by atoms with van der Waals surface area (Å²) in [6.07, 6.45) is 2.78. The topological polar surface area (TPSA) is 33.2 Å². The van der Waals surface area contributed by atoms with Gasteiger partial charge in [-0.1, -0.05) is 6.92 Å². The fraction of sp³-hybridized carbons (Fsp3) is 0.556. The number of hydrogen-bond donors (Lipinski definition) is 0. The summed E-state index contributed by atoms with van der Waals surface area (Å²) in [5.41, 5.74) is 1.70. The molecule has 2 rings (SSSR count). The molecule has 4 heteroatoms. The fourth-order valence-electron chi connectivity index (χ4n) is 1.60. The monoisotopic (exact) mass is 196 g/mol. The van der Waals surface area contributed by atoms with E-state index in [1.807, 2.05) is 4.90 Å². The van der Waals surface area contributed by atoms with Crippen LogP contribution in [-0.2, 0) is 0 Å². The van der Waals surface area contributed by atoms with Crippen LogP contribution in [0.4, 0.5) is 0 Å². The van der Waals surface area contributed by atoms with Gasteiger partial charge in [0.25, 0.3) is 5.91 Å². The zero-order chi connectivity index (χ0) is 9.26. The molecule has 0 aliphatic carbocycles. The first-order chi connectivity index (χ1) is 6.27. The van der Waals surface area contributed by atoms with E-state index in [4.69, 9.17) is 0 Å². The van der Waals surface area contributed by atoms with Crippen molar-refractivity contribution in [3.8, 4) is 0 Å². The number of rotatable bonds is 1. The Morgan fingerprint density at radius 1 is 1.77 bits per heavy atom. The van der Waals surface area contributed by atoms with Gasteiger partial charge in [0.15, 0.2) is 0 Å². The molecule has 1 amide bonds. The first kappa shape index (κ1) is 8.69. The summed E-state index contributed by atoms with van der Waals surface area (Å²) in [7, 11) is 0. The molecule has 0 aromatic carbocycles. The fourth-order valence-corrected chi connectivity index (χ4v) is 2.18. The average molecular weight is 196 g/mol. The molecule has 2 heterocycles. The van der Waals surface area contributed by atoms with Crippen LogP contribution in [-0.4, -0.2) is 28.9 Å². The molecule has 1 aliphatic heterocycles. The van der Waals surface area contributed by atoms with Crippen molar-refractivity contribution in [1.82, 2.24) is 9.88 Å². The molecule has 1 fully saturated rings. The zero-order valence-electron chi connectivity index (χ0n) is 7.56. The van der Waals surface area contributed by atoms with Crippen molar-refractivity contribution in [3.05, 3.63) is 16.6 Å². The van der Waals surface area contributed by atoms with Crippen molar-refractivity contribution in [2.75, 3.05) is 13.1 Å². The third-order valence-electron chi connectivity index (χ3n) is 2.35. The minimum atomic E-state index is 0.145. The van der Waals surface area contributed by atoms with Gasteiger partial charge in [-0.25, -0.2) is 0 Å². The smallest absolute Gasteiger partial charge is 0.265 e. The summed E-state index contributed by atoms with van der Waals surface area (Å²) in [5.74, 6) is 0.795. The number of aromatic nitrogens is 1. The van der Waals surface area contributed by atoms with Gasteiger partial charge in [0.1, 0.15) is 4.88 Å². The summed E-state index contributed by atoms with van der Waals surface area (Å²) in [6.45, 7) is 3.98. The Kier molecular flexibility index (Phi) is 2.31. The largest absolute Gasteiger partial charge is 0.338 e. The molecule has 1 atom stereocenters. The van der Waals surface area contributed by atoms with Crippen LogP contribution >= 0.6 is 11.3 Å². The highest BCUT2D eigenvalue weighted by Gasteiger charge is 2.24. The van der Waals surface area contributed by atoms with Crippen molar-refractivity contribution in [2.24, 2.45) is 5.92 Å². The normalized spacial score (nSPS) is 22.2. The van der Waals surface area contributed by atoms with Crippen LogP contribution in [0.1, 0.15) is 23.0 Å². The maximum atomic E-state index is 11.7. The summed E-state index contributed by atoms with van der Waals surface area (Å²) in [5, 5.41) is 0. The van der Waals surface area contributed by atoms with Crippen LogP contribution in [0, 0.1) is 5.92 Å². The van der Waals surface area contributed by atoms with Crippen LogP contribution in [0.2, 0.25) is 0 Å². The Morgan fingerprint density at radius 2 is 2.62 bits per heavy atom. The third-order valence-corrected chi connectivity index (χ3v) is 3.12. The van der Waals surface area contributed by atoms with Crippen molar-refractivity contribution in [1.29, 1.82) is 0 Å². The van der Waals surface area contributed by atoms with Gasteiger partial charge in [-0.3, -0.25) is 9.78 Å². The summed E-state index contributed by atoms with van der Waals surface area (Å²) in [4.78, 5) is 18.3. The predicted molar refractivity (Wildman–Crippen MR) is 51.8 cm³/mol. The Morgan fingerprint density at radius 3 is 3.15 bits per heavy atom. The number of thiazole rings is 1. The molecule has 3 nitrogen and oxygen atoms in total. The lowest BCUT2D eigenvalue weighted by atomic mass is 10.2. The zero-order valence-corrected chi connectivity index (χ0v) is 8.38. The lowest BCUT2D eigenvalue weighted by molar-refractivity contribution is 0.0792. The molecule has 1 saturated heterocycles. The molecule has 70 valence electrons. The van der Waals surface area contributed by atoms with Gasteiger partial charge < -0.3 is 4.90 Å². The maximum Gasteiger partial charge on any atom is 0.265 e.